The molecule has 2 aromatic carbocycles. The number of nitrogens with zero attached hydrogens (tertiary/aromatic N) is 2. The lowest BCUT2D eigenvalue weighted by atomic mass is 9.98. The molecule has 0 saturated heterocycles. The van der Waals surface area contributed by atoms with E-state index in [1.165, 1.54) is 16.7 Å². The van der Waals surface area contributed by atoms with Crippen LogP contribution in [-0.2, 0) is 30.7 Å². The van der Waals surface area contributed by atoms with Gasteiger partial charge in [-0.3, -0.25) is 9.69 Å². The summed E-state index contributed by atoms with van der Waals surface area (Å²) in [5, 5.41) is 0. The lowest BCUT2D eigenvalue weighted by Gasteiger charge is -2.33. The summed E-state index contributed by atoms with van der Waals surface area (Å²) in [6.07, 6.45) is 1.80. The molecule has 0 aromatic heterocycles. The molecule has 0 unspecified atom stereocenters. The van der Waals surface area contributed by atoms with Crippen LogP contribution in [0.25, 0.3) is 0 Å². The molecule has 0 saturated carbocycles. The van der Waals surface area contributed by atoms with Crippen LogP contribution in [0.5, 0.6) is 17.2 Å². The Morgan fingerprint density at radius 1 is 0.828 bits per heavy atom. The van der Waals surface area contributed by atoms with E-state index >= 15 is 0 Å². The van der Waals surface area contributed by atoms with Gasteiger partial charge in [-0.05, 0) is 59.4 Å². The molecule has 0 fully saturated rings. The Bertz CT molecular complexity index is 912. The van der Waals surface area contributed by atoms with Gasteiger partial charge in [0.1, 0.15) is 5.75 Å². The lowest BCUT2D eigenvalue weighted by Crippen LogP contribution is -2.44. The molecule has 2 aliphatic rings. The number of rotatable bonds is 5. The van der Waals surface area contributed by atoms with E-state index in [9.17, 15) is 4.79 Å². The fraction of sp³-hybridized carbons (Fsp3) is 0.435. The van der Waals surface area contributed by atoms with Crippen molar-refractivity contribution in [2.45, 2.75) is 25.9 Å². The van der Waals surface area contributed by atoms with Crippen LogP contribution in [0, 0.1) is 0 Å². The van der Waals surface area contributed by atoms with E-state index in [1.54, 1.807) is 21.3 Å². The van der Waals surface area contributed by atoms with E-state index in [1.807, 2.05) is 23.1 Å². The largest absolute Gasteiger partial charge is 0.497 e. The first-order chi connectivity index (χ1) is 14.1. The molecule has 0 radical (unpaired) electrons. The van der Waals surface area contributed by atoms with E-state index in [0.29, 0.717) is 18.8 Å². The minimum Gasteiger partial charge on any atom is -0.497 e. The molecular weight excluding hydrogens is 368 g/mol. The fourth-order valence-corrected chi connectivity index (χ4v) is 4.24. The minimum absolute atomic E-state index is 0.178. The third-order valence-electron chi connectivity index (χ3n) is 5.93. The smallest absolute Gasteiger partial charge is 0.237 e. The van der Waals surface area contributed by atoms with Crippen LogP contribution in [0.2, 0.25) is 0 Å². The molecule has 2 aliphatic heterocycles. The van der Waals surface area contributed by atoms with Crippen LogP contribution in [-0.4, -0.2) is 56.7 Å². The number of benzene rings is 2. The zero-order valence-corrected chi connectivity index (χ0v) is 17.4. The first kappa shape index (κ1) is 19.6. The predicted octanol–water partition coefficient (Wildman–Crippen LogP) is 2.66. The highest BCUT2D eigenvalue weighted by atomic mass is 16.5. The number of hydrogen-bond donors (Lipinski definition) is 0. The van der Waals surface area contributed by atoms with E-state index in [2.05, 4.69) is 17.0 Å². The Balaban J connectivity index is 1.42. The molecule has 2 heterocycles. The third kappa shape index (κ3) is 4.03. The molecule has 4 rings (SSSR count). The Labute approximate surface area is 172 Å². The summed E-state index contributed by atoms with van der Waals surface area (Å²) in [6.45, 7) is 3.49. The Morgan fingerprint density at radius 2 is 1.52 bits per heavy atom. The zero-order chi connectivity index (χ0) is 20.4. The van der Waals surface area contributed by atoms with Gasteiger partial charge >= 0.3 is 0 Å². The third-order valence-corrected chi connectivity index (χ3v) is 5.93. The molecule has 0 spiro atoms. The minimum atomic E-state index is 0.178. The maximum Gasteiger partial charge on any atom is 0.237 e. The van der Waals surface area contributed by atoms with Gasteiger partial charge in [0.15, 0.2) is 11.5 Å². The number of hydrogen-bond acceptors (Lipinski definition) is 5. The number of carbonyl (C=O) groups is 1. The van der Waals surface area contributed by atoms with Gasteiger partial charge in [-0.15, -0.1) is 0 Å². The summed E-state index contributed by atoms with van der Waals surface area (Å²) in [4.78, 5) is 17.2. The molecule has 1 amide bonds. The molecule has 29 heavy (non-hydrogen) atoms. The molecule has 154 valence electrons. The Kier molecular flexibility index (Phi) is 5.62. The maximum absolute atomic E-state index is 13.0. The van der Waals surface area contributed by atoms with Crippen LogP contribution in [0.3, 0.4) is 0 Å². The van der Waals surface area contributed by atoms with Crippen molar-refractivity contribution in [2.75, 3.05) is 41.0 Å². The van der Waals surface area contributed by atoms with Gasteiger partial charge in [0.05, 0.1) is 27.9 Å². The summed E-state index contributed by atoms with van der Waals surface area (Å²) in [7, 11) is 4.97. The number of amides is 1. The van der Waals surface area contributed by atoms with Gasteiger partial charge in [0, 0.05) is 26.2 Å². The van der Waals surface area contributed by atoms with Crippen molar-refractivity contribution in [3.8, 4) is 17.2 Å². The standard InChI is InChI=1S/C23H28N2O4/c1-27-20-5-4-16-6-8-24(13-18(16)10-20)15-23(26)25-9-7-17-11-21(28-2)22(29-3)12-19(17)14-25/h4-5,10-12H,6-9,13-15H2,1-3H3. The zero-order valence-electron chi connectivity index (χ0n) is 17.4. The van der Waals surface area contributed by atoms with Crippen LogP contribution >= 0.6 is 0 Å². The first-order valence-corrected chi connectivity index (χ1v) is 10.0. The van der Waals surface area contributed by atoms with Crippen molar-refractivity contribution < 1.29 is 19.0 Å². The second-order valence-corrected chi connectivity index (χ2v) is 7.64. The first-order valence-electron chi connectivity index (χ1n) is 10.0. The molecule has 6 nitrogen and oxygen atoms in total. The summed E-state index contributed by atoms with van der Waals surface area (Å²) in [5.41, 5.74) is 4.97. The van der Waals surface area contributed by atoms with Crippen molar-refractivity contribution in [2.24, 2.45) is 0 Å². The van der Waals surface area contributed by atoms with E-state index < -0.39 is 0 Å². The topological polar surface area (TPSA) is 51.2 Å². The number of fused-ring (bicyclic) bond motifs is 2. The van der Waals surface area contributed by atoms with Gasteiger partial charge in [-0.25, -0.2) is 0 Å². The molecule has 0 N–H and O–H groups in total. The van der Waals surface area contributed by atoms with Crippen molar-refractivity contribution in [1.29, 1.82) is 0 Å². The van der Waals surface area contributed by atoms with Gasteiger partial charge in [0.2, 0.25) is 5.91 Å². The van der Waals surface area contributed by atoms with Crippen LogP contribution in [0.15, 0.2) is 30.3 Å². The molecule has 2 aromatic rings. The fourth-order valence-electron chi connectivity index (χ4n) is 4.24. The van der Waals surface area contributed by atoms with Gasteiger partial charge < -0.3 is 19.1 Å². The number of ether oxygens (including phenoxy) is 3. The molecule has 0 atom stereocenters. The average molecular weight is 396 g/mol. The van der Waals surface area contributed by atoms with Crippen LogP contribution in [0.1, 0.15) is 22.3 Å². The van der Waals surface area contributed by atoms with Crippen molar-refractivity contribution in [1.82, 2.24) is 9.80 Å². The SMILES string of the molecule is COc1ccc2c(c1)CN(CC(=O)N1CCc3cc(OC)c(OC)cc3C1)CC2. The second-order valence-electron chi connectivity index (χ2n) is 7.64. The lowest BCUT2D eigenvalue weighted by molar-refractivity contribution is -0.133. The maximum atomic E-state index is 13.0. The Morgan fingerprint density at radius 3 is 2.24 bits per heavy atom. The average Bonchev–Trinajstić information content (AvgIpc) is 2.77. The highest BCUT2D eigenvalue weighted by Crippen LogP contribution is 2.33. The molecule has 0 aliphatic carbocycles. The van der Waals surface area contributed by atoms with Crippen LogP contribution < -0.4 is 14.2 Å². The molecule has 0 bridgehead atoms. The van der Waals surface area contributed by atoms with E-state index in [-0.39, 0.29) is 5.91 Å². The van der Waals surface area contributed by atoms with Gasteiger partial charge in [-0.1, -0.05) is 6.07 Å². The number of carbonyl (C=O) groups excluding carboxylic acids is 1. The molecular formula is C23H28N2O4. The highest BCUT2D eigenvalue weighted by Gasteiger charge is 2.25. The van der Waals surface area contributed by atoms with Crippen molar-refractivity contribution in [3.63, 3.8) is 0 Å². The van der Waals surface area contributed by atoms with Crippen LogP contribution in [0.4, 0.5) is 0 Å². The van der Waals surface area contributed by atoms with Crippen molar-refractivity contribution in [3.05, 3.63) is 52.6 Å². The number of methoxy groups -OCH3 is 3. The van der Waals surface area contributed by atoms with Gasteiger partial charge in [-0.2, -0.15) is 0 Å². The summed E-state index contributed by atoms with van der Waals surface area (Å²) >= 11 is 0. The summed E-state index contributed by atoms with van der Waals surface area (Å²) in [5.74, 6) is 2.50. The van der Waals surface area contributed by atoms with E-state index in [0.717, 1.165) is 49.5 Å². The predicted molar refractivity (Wildman–Crippen MR) is 111 cm³/mol. The van der Waals surface area contributed by atoms with E-state index in [4.69, 9.17) is 14.2 Å². The van der Waals surface area contributed by atoms with Crippen molar-refractivity contribution >= 4 is 5.91 Å². The normalized spacial score (nSPS) is 16.0. The summed E-state index contributed by atoms with van der Waals surface area (Å²) in [6, 6.07) is 10.3. The quantitative estimate of drug-likeness (QED) is 0.778. The monoisotopic (exact) mass is 396 g/mol. The molecule has 6 heteroatoms. The Hall–Kier alpha value is -2.73. The van der Waals surface area contributed by atoms with Gasteiger partial charge in [0.25, 0.3) is 0 Å². The summed E-state index contributed by atoms with van der Waals surface area (Å²) < 4.78 is 16.2. The second kappa shape index (κ2) is 8.33. The highest BCUT2D eigenvalue weighted by molar-refractivity contribution is 5.78.